The van der Waals surface area contributed by atoms with Crippen LogP contribution in [-0.2, 0) is 9.53 Å². The average Bonchev–Trinajstić information content (AvgIpc) is 3.15. The molecule has 3 heterocycles. The Morgan fingerprint density at radius 2 is 2.08 bits per heavy atom. The number of nitrogens with one attached hydrogen (secondary N) is 1. The van der Waals surface area contributed by atoms with Gasteiger partial charge in [-0.25, -0.2) is 0 Å². The fraction of sp³-hybridized carbons (Fsp3) is 0.611. The standard InChI is InChI=1S/C18H25N3O3/c22-17(20-9-4-14-7-12-24-13-14)15-5-10-21(11-6-15)18(23)16-3-1-2-8-19-16/h1-3,8,14-15H,4-7,9-13H2,(H,20,22). The van der Waals surface area contributed by atoms with Gasteiger partial charge in [0, 0.05) is 45.0 Å². The summed E-state index contributed by atoms with van der Waals surface area (Å²) >= 11 is 0. The maximum atomic E-state index is 12.3. The number of nitrogens with zero attached hydrogens (tertiary/aromatic N) is 2. The zero-order valence-electron chi connectivity index (χ0n) is 13.9. The van der Waals surface area contributed by atoms with E-state index in [1.165, 1.54) is 0 Å². The first-order valence-corrected chi connectivity index (χ1v) is 8.80. The summed E-state index contributed by atoms with van der Waals surface area (Å²) in [5.41, 5.74) is 0.471. The summed E-state index contributed by atoms with van der Waals surface area (Å²) < 4.78 is 5.35. The summed E-state index contributed by atoms with van der Waals surface area (Å²) in [5.74, 6) is 0.676. The summed E-state index contributed by atoms with van der Waals surface area (Å²) in [4.78, 5) is 30.5. The molecule has 0 bridgehead atoms. The maximum Gasteiger partial charge on any atom is 0.272 e. The van der Waals surface area contributed by atoms with Gasteiger partial charge >= 0.3 is 0 Å². The fourth-order valence-electron chi connectivity index (χ4n) is 3.35. The average molecular weight is 331 g/mol. The van der Waals surface area contributed by atoms with Crippen molar-refractivity contribution in [3.05, 3.63) is 30.1 Å². The van der Waals surface area contributed by atoms with Crippen LogP contribution in [0.4, 0.5) is 0 Å². The van der Waals surface area contributed by atoms with E-state index in [4.69, 9.17) is 4.74 Å². The first-order chi connectivity index (χ1) is 11.7. The van der Waals surface area contributed by atoms with Crippen molar-refractivity contribution < 1.29 is 14.3 Å². The van der Waals surface area contributed by atoms with Gasteiger partial charge in [-0.1, -0.05) is 6.07 Å². The third-order valence-electron chi connectivity index (χ3n) is 4.91. The molecular weight excluding hydrogens is 306 g/mol. The molecule has 0 spiro atoms. The maximum absolute atomic E-state index is 12.3. The van der Waals surface area contributed by atoms with Crippen LogP contribution in [0.3, 0.4) is 0 Å². The van der Waals surface area contributed by atoms with Crippen LogP contribution in [0.25, 0.3) is 0 Å². The zero-order valence-corrected chi connectivity index (χ0v) is 13.9. The van der Waals surface area contributed by atoms with Gasteiger partial charge in [-0.2, -0.15) is 0 Å². The predicted molar refractivity (Wildman–Crippen MR) is 89.4 cm³/mol. The number of amides is 2. The number of hydrogen-bond acceptors (Lipinski definition) is 4. The third kappa shape index (κ3) is 4.32. The van der Waals surface area contributed by atoms with E-state index in [9.17, 15) is 9.59 Å². The molecule has 2 fully saturated rings. The molecule has 0 saturated carbocycles. The van der Waals surface area contributed by atoms with Crippen LogP contribution in [-0.4, -0.2) is 54.5 Å². The molecule has 1 unspecified atom stereocenters. The molecule has 0 aliphatic carbocycles. The second kappa shape index (κ2) is 8.24. The number of aromatic nitrogens is 1. The molecule has 1 N–H and O–H groups in total. The van der Waals surface area contributed by atoms with Crippen molar-refractivity contribution in [2.24, 2.45) is 11.8 Å². The highest BCUT2D eigenvalue weighted by atomic mass is 16.5. The largest absolute Gasteiger partial charge is 0.381 e. The van der Waals surface area contributed by atoms with Crippen LogP contribution in [0, 0.1) is 11.8 Å². The third-order valence-corrected chi connectivity index (χ3v) is 4.91. The lowest BCUT2D eigenvalue weighted by molar-refractivity contribution is -0.126. The van der Waals surface area contributed by atoms with Crippen LogP contribution >= 0.6 is 0 Å². The molecule has 3 rings (SSSR count). The predicted octanol–water partition coefficient (Wildman–Crippen LogP) is 1.48. The number of ether oxygens (including phenoxy) is 1. The molecule has 24 heavy (non-hydrogen) atoms. The van der Waals surface area contributed by atoms with Crippen LogP contribution in [0.2, 0.25) is 0 Å². The summed E-state index contributed by atoms with van der Waals surface area (Å²) in [6, 6.07) is 5.34. The van der Waals surface area contributed by atoms with Crippen molar-refractivity contribution in [1.82, 2.24) is 15.2 Å². The Hall–Kier alpha value is -1.95. The van der Waals surface area contributed by atoms with E-state index in [0.717, 1.165) is 45.4 Å². The van der Waals surface area contributed by atoms with Crippen LogP contribution < -0.4 is 5.32 Å². The van der Waals surface area contributed by atoms with E-state index >= 15 is 0 Å². The Bertz CT molecular complexity index is 550. The highest BCUT2D eigenvalue weighted by Gasteiger charge is 2.28. The molecule has 130 valence electrons. The van der Waals surface area contributed by atoms with Gasteiger partial charge in [0.15, 0.2) is 0 Å². The highest BCUT2D eigenvalue weighted by molar-refractivity contribution is 5.92. The Morgan fingerprint density at radius 3 is 2.75 bits per heavy atom. The van der Waals surface area contributed by atoms with E-state index in [2.05, 4.69) is 10.3 Å². The molecule has 2 amide bonds. The molecule has 6 heteroatoms. The van der Waals surface area contributed by atoms with Crippen molar-refractivity contribution in [2.75, 3.05) is 32.8 Å². The minimum atomic E-state index is -0.0457. The molecule has 2 aliphatic rings. The number of pyridine rings is 1. The molecule has 0 aromatic carbocycles. The molecule has 1 aromatic heterocycles. The molecule has 1 aromatic rings. The lowest BCUT2D eigenvalue weighted by atomic mass is 9.95. The Kier molecular flexibility index (Phi) is 5.80. The summed E-state index contributed by atoms with van der Waals surface area (Å²) in [6.07, 6.45) is 5.16. The highest BCUT2D eigenvalue weighted by Crippen LogP contribution is 2.19. The van der Waals surface area contributed by atoms with E-state index in [1.54, 1.807) is 23.2 Å². The summed E-state index contributed by atoms with van der Waals surface area (Å²) in [5, 5.41) is 3.04. The molecular formula is C18H25N3O3. The van der Waals surface area contributed by atoms with Crippen molar-refractivity contribution in [1.29, 1.82) is 0 Å². The smallest absolute Gasteiger partial charge is 0.272 e. The number of piperidine rings is 1. The Balaban J connectivity index is 1.39. The molecule has 6 nitrogen and oxygen atoms in total. The number of carbonyl (C=O) groups is 2. The zero-order chi connectivity index (χ0) is 16.8. The second-order valence-corrected chi connectivity index (χ2v) is 6.59. The monoisotopic (exact) mass is 331 g/mol. The van der Waals surface area contributed by atoms with Gasteiger partial charge in [0.1, 0.15) is 5.69 Å². The summed E-state index contributed by atoms with van der Waals surface area (Å²) in [6.45, 7) is 3.62. The van der Waals surface area contributed by atoms with E-state index < -0.39 is 0 Å². The van der Waals surface area contributed by atoms with Crippen LogP contribution in [0.5, 0.6) is 0 Å². The normalized spacial score (nSPS) is 21.7. The van der Waals surface area contributed by atoms with Crippen LogP contribution in [0.15, 0.2) is 24.4 Å². The fourth-order valence-corrected chi connectivity index (χ4v) is 3.35. The van der Waals surface area contributed by atoms with E-state index in [0.29, 0.717) is 24.7 Å². The Morgan fingerprint density at radius 1 is 1.25 bits per heavy atom. The van der Waals surface area contributed by atoms with Crippen molar-refractivity contribution in [2.45, 2.75) is 25.7 Å². The quantitative estimate of drug-likeness (QED) is 0.887. The van der Waals surface area contributed by atoms with Gasteiger partial charge in [-0.3, -0.25) is 14.6 Å². The van der Waals surface area contributed by atoms with Gasteiger partial charge < -0.3 is 15.0 Å². The minimum absolute atomic E-state index is 0.0117. The van der Waals surface area contributed by atoms with Gasteiger partial charge in [-0.05, 0) is 43.7 Å². The molecule has 2 aliphatic heterocycles. The second-order valence-electron chi connectivity index (χ2n) is 6.59. The van der Waals surface area contributed by atoms with Gasteiger partial charge in [0.25, 0.3) is 5.91 Å². The summed E-state index contributed by atoms with van der Waals surface area (Å²) in [7, 11) is 0. The number of carbonyl (C=O) groups excluding carboxylic acids is 2. The van der Waals surface area contributed by atoms with Crippen LogP contribution in [0.1, 0.15) is 36.2 Å². The molecule has 0 radical (unpaired) electrons. The topological polar surface area (TPSA) is 71.5 Å². The van der Waals surface area contributed by atoms with Crippen molar-refractivity contribution >= 4 is 11.8 Å². The molecule has 1 atom stereocenters. The van der Waals surface area contributed by atoms with Gasteiger partial charge in [0.05, 0.1) is 0 Å². The first-order valence-electron chi connectivity index (χ1n) is 8.80. The molecule has 2 saturated heterocycles. The van der Waals surface area contributed by atoms with E-state index in [-0.39, 0.29) is 17.7 Å². The van der Waals surface area contributed by atoms with Gasteiger partial charge in [0.2, 0.25) is 5.91 Å². The Labute approximate surface area is 142 Å². The van der Waals surface area contributed by atoms with Gasteiger partial charge in [-0.15, -0.1) is 0 Å². The van der Waals surface area contributed by atoms with Crippen molar-refractivity contribution in [3.8, 4) is 0 Å². The minimum Gasteiger partial charge on any atom is -0.381 e. The first kappa shape index (κ1) is 16.9. The number of likely N-dealkylation sites (tertiary alicyclic amines) is 1. The SMILES string of the molecule is O=C(NCCC1CCOC1)C1CCN(C(=O)c2ccccn2)CC1. The van der Waals surface area contributed by atoms with Crippen molar-refractivity contribution in [3.63, 3.8) is 0 Å². The number of hydrogen-bond donors (Lipinski definition) is 1. The lowest BCUT2D eigenvalue weighted by Crippen LogP contribution is -2.43. The number of rotatable bonds is 5. The lowest BCUT2D eigenvalue weighted by Gasteiger charge is -2.31. The van der Waals surface area contributed by atoms with E-state index in [1.807, 2.05) is 6.07 Å².